The quantitative estimate of drug-likeness (QED) is 0.533. The van der Waals surface area contributed by atoms with Crippen LogP contribution in [0.3, 0.4) is 0 Å². The first kappa shape index (κ1) is 22.2. The minimum Gasteiger partial charge on any atom is -0.464 e. The molecule has 32 heavy (non-hydrogen) atoms. The van der Waals surface area contributed by atoms with Crippen molar-refractivity contribution in [1.82, 2.24) is 9.80 Å². The highest BCUT2D eigenvalue weighted by molar-refractivity contribution is 6.32. The third-order valence-electron chi connectivity index (χ3n) is 5.72. The number of carbonyl (C=O) groups excluding carboxylic acids is 2. The lowest BCUT2D eigenvalue weighted by Gasteiger charge is -2.23. The van der Waals surface area contributed by atoms with Gasteiger partial charge < -0.3 is 18.8 Å². The molecule has 1 aliphatic heterocycles. The van der Waals surface area contributed by atoms with Gasteiger partial charge in [-0.15, -0.1) is 0 Å². The Kier molecular flexibility index (Phi) is 6.39. The standard InChI is InChI=1S/C24H25ClN2O5/c1-4-30-23(28)27(3)24(29)32-21-13-18-16(12-20(21)25)8-10-26(2)14-19(18)17-7-5-6-15-9-11-31-22(15)17/h5-7,9,11-13,19H,4,8,10,14H2,1-3H3. The Labute approximate surface area is 191 Å². The molecule has 0 N–H and O–H groups in total. The molecular weight excluding hydrogens is 432 g/mol. The molecule has 8 heteroatoms. The van der Waals surface area contributed by atoms with E-state index in [0.29, 0.717) is 5.02 Å². The second-order valence-corrected chi connectivity index (χ2v) is 8.27. The smallest absolute Gasteiger partial charge is 0.424 e. The van der Waals surface area contributed by atoms with Crippen molar-refractivity contribution >= 4 is 34.8 Å². The molecule has 2 aromatic carbocycles. The van der Waals surface area contributed by atoms with Crippen molar-refractivity contribution in [3.8, 4) is 5.75 Å². The molecule has 2 amide bonds. The Balaban J connectivity index is 1.73. The number of amides is 2. The molecule has 0 saturated heterocycles. The molecule has 1 aromatic heterocycles. The molecule has 0 saturated carbocycles. The fourth-order valence-electron chi connectivity index (χ4n) is 4.06. The predicted molar refractivity (Wildman–Crippen MR) is 122 cm³/mol. The largest absolute Gasteiger partial charge is 0.464 e. The lowest BCUT2D eigenvalue weighted by atomic mass is 9.87. The summed E-state index contributed by atoms with van der Waals surface area (Å²) in [4.78, 5) is 27.4. The van der Waals surface area contributed by atoms with Crippen LogP contribution in [0.4, 0.5) is 9.59 Å². The molecule has 0 radical (unpaired) electrons. The number of likely N-dealkylation sites (N-methyl/N-ethyl adjacent to an activating group) is 1. The van der Waals surface area contributed by atoms with Gasteiger partial charge >= 0.3 is 12.2 Å². The summed E-state index contributed by atoms with van der Waals surface area (Å²) in [5, 5.41) is 1.35. The average molecular weight is 457 g/mol. The van der Waals surface area contributed by atoms with Crippen LogP contribution in [0.5, 0.6) is 5.75 Å². The van der Waals surface area contributed by atoms with Crippen LogP contribution in [0.15, 0.2) is 47.1 Å². The number of ether oxygens (including phenoxy) is 2. The van der Waals surface area contributed by atoms with Crippen LogP contribution in [-0.4, -0.2) is 55.8 Å². The summed E-state index contributed by atoms with van der Waals surface area (Å²) >= 11 is 6.47. The maximum absolute atomic E-state index is 12.5. The molecule has 168 valence electrons. The number of benzene rings is 2. The van der Waals surface area contributed by atoms with Gasteiger partial charge in [-0.3, -0.25) is 0 Å². The molecule has 0 bridgehead atoms. The van der Waals surface area contributed by atoms with E-state index < -0.39 is 12.2 Å². The summed E-state index contributed by atoms with van der Waals surface area (Å²) in [7, 11) is 3.38. The summed E-state index contributed by atoms with van der Waals surface area (Å²) < 4.78 is 16.1. The topological polar surface area (TPSA) is 72.2 Å². The Morgan fingerprint density at radius 1 is 1.22 bits per heavy atom. The van der Waals surface area contributed by atoms with Gasteiger partial charge in [-0.25, -0.2) is 14.5 Å². The van der Waals surface area contributed by atoms with Crippen molar-refractivity contribution in [2.45, 2.75) is 19.3 Å². The molecule has 1 atom stereocenters. The van der Waals surface area contributed by atoms with Gasteiger partial charge in [-0.05, 0) is 49.7 Å². The van der Waals surface area contributed by atoms with Gasteiger partial charge in [0.2, 0.25) is 0 Å². The van der Waals surface area contributed by atoms with Crippen LogP contribution < -0.4 is 4.74 Å². The van der Waals surface area contributed by atoms with Crippen molar-refractivity contribution in [3.63, 3.8) is 0 Å². The molecule has 0 aliphatic carbocycles. The third-order valence-corrected chi connectivity index (χ3v) is 6.02. The summed E-state index contributed by atoms with van der Waals surface area (Å²) in [6.45, 7) is 3.46. The fourth-order valence-corrected chi connectivity index (χ4v) is 4.28. The highest BCUT2D eigenvalue weighted by Gasteiger charge is 2.28. The SMILES string of the molecule is CCOC(=O)N(C)C(=O)Oc1cc2c(cc1Cl)CCN(C)CC2c1cccc2ccoc12. The van der Waals surface area contributed by atoms with Crippen molar-refractivity contribution in [2.24, 2.45) is 0 Å². The Morgan fingerprint density at radius 2 is 2.03 bits per heavy atom. The van der Waals surface area contributed by atoms with Crippen molar-refractivity contribution in [1.29, 1.82) is 0 Å². The minimum atomic E-state index is -0.860. The highest BCUT2D eigenvalue weighted by atomic mass is 35.5. The fraction of sp³-hybridized carbons (Fsp3) is 0.333. The first-order valence-electron chi connectivity index (χ1n) is 10.5. The second kappa shape index (κ2) is 9.22. The number of rotatable bonds is 3. The number of nitrogens with zero attached hydrogens (tertiary/aromatic N) is 2. The van der Waals surface area contributed by atoms with Crippen LogP contribution in [0.25, 0.3) is 11.0 Å². The van der Waals surface area contributed by atoms with E-state index in [-0.39, 0.29) is 18.3 Å². The number of hydrogen-bond donors (Lipinski definition) is 0. The van der Waals surface area contributed by atoms with Gasteiger partial charge in [-0.2, -0.15) is 0 Å². The van der Waals surface area contributed by atoms with E-state index in [9.17, 15) is 9.59 Å². The Morgan fingerprint density at radius 3 is 2.81 bits per heavy atom. The lowest BCUT2D eigenvalue weighted by molar-refractivity contribution is 0.109. The van der Waals surface area contributed by atoms with Crippen molar-refractivity contribution in [3.05, 3.63) is 64.4 Å². The van der Waals surface area contributed by atoms with Gasteiger partial charge in [0.1, 0.15) is 5.58 Å². The summed E-state index contributed by atoms with van der Waals surface area (Å²) in [6, 6.07) is 11.7. The maximum Gasteiger partial charge on any atom is 0.424 e. The number of hydrogen-bond acceptors (Lipinski definition) is 6. The van der Waals surface area contributed by atoms with E-state index in [4.69, 9.17) is 25.5 Å². The van der Waals surface area contributed by atoms with Crippen molar-refractivity contribution in [2.75, 3.05) is 33.8 Å². The van der Waals surface area contributed by atoms with E-state index in [1.54, 1.807) is 19.3 Å². The molecule has 7 nitrogen and oxygen atoms in total. The molecule has 3 aromatic rings. The number of furan rings is 1. The molecule has 2 heterocycles. The van der Waals surface area contributed by atoms with Crippen LogP contribution in [-0.2, 0) is 11.2 Å². The molecular formula is C24H25ClN2O5. The van der Waals surface area contributed by atoms with Gasteiger partial charge in [0, 0.05) is 37.0 Å². The summed E-state index contributed by atoms with van der Waals surface area (Å²) in [5.74, 6) is 0.192. The van der Waals surface area contributed by atoms with Crippen LogP contribution in [0, 0.1) is 0 Å². The second-order valence-electron chi connectivity index (χ2n) is 7.86. The van der Waals surface area contributed by atoms with Gasteiger partial charge in [0.25, 0.3) is 0 Å². The highest BCUT2D eigenvalue weighted by Crippen LogP contribution is 2.39. The van der Waals surface area contributed by atoms with E-state index in [2.05, 4.69) is 18.0 Å². The average Bonchev–Trinajstić information content (AvgIpc) is 3.20. The predicted octanol–water partition coefficient (Wildman–Crippen LogP) is 5.29. The normalized spacial score (nSPS) is 16.3. The van der Waals surface area contributed by atoms with Crippen LogP contribution >= 0.6 is 11.6 Å². The number of para-hydroxylation sites is 1. The monoisotopic (exact) mass is 456 g/mol. The van der Waals surface area contributed by atoms with E-state index in [1.165, 1.54) is 7.05 Å². The first-order chi connectivity index (χ1) is 15.4. The third kappa shape index (κ3) is 4.31. The summed E-state index contributed by atoms with van der Waals surface area (Å²) in [5.41, 5.74) is 4.01. The number of halogens is 1. The first-order valence-corrected chi connectivity index (χ1v) is 10.9. The number of carbonyl (C=O) groups is 2. The molecule has 1 unspecified atom stereocenters. The zero-order valence-corrected chi connectivity index (χ0v) is 19.0. The van der Waals surface area contributed by atoms with E-state index >= 15 is 0 Å². The van der Waals surface area contributed by atoms with Gasteiger partial charge in [-0.1, -0.05) is 29.8 Å². The zero-order valence-electron chi connectivity index (χ0n) is 18.3. The van der Waals surface area contributed by atoms with Crippen LogP contribution in [0.1, 0.15) is 29.5 Å². The molecule has 4 rings (SSSR count). The van der Waals surface area contributed by atoms with E-state index in [0.717, 1.165) is 52.1 Å². The molecule has 0 spiro atoms. The number of imide groups is 1. The van der Waals surface area contributed by atoms with Crippen molar-refractivity contribution < 1.29 is 23.5 Å². The van der Waals surface area contributed by atoms with Crippen LogP contribution in [0.2, 0.25) is 5.02 Å². The Hall–Kier alpha value is -3.03. The molecule has 0 fully saturated rings. The summed E-state index contributed by atoms with van der Waals surface area (Å²) in [6.07, 6.45) is 0.858. The zero-order chi connectivity index (χ0) is 22.8. The minimum absolute atomic E-state index is 0.00939. The number of fused-ring (bicyclic) bond motifs is 2. The Bertz CT molecular complexity index is 1160. The van der Waals surface area contributed by atoms with Gasteiger partial charge in [0.15, 0.2) is 5.75 Å². The lowest BCUT2D eigenvalue weighted by Crippen LogP contribution is -2.35. The van der Waals surface area contributed by atoms with Gasteiger partial charge in [0.05, 0.1) is 17.9 Å². The maximum atomic E-state index is 12.5. The molecule has 1 aliphatic rings. The van der Waals surface area contributed by atoms with E-state index in [1.807, 2.05) is 24.3 Å².